The Kier molecular flexibility index (Phi) is 7.52. The van der Waals surface area contributed by atoms with E-state index in [-0.39, 0.29) is 5.82 Å². The van der Waals surface area contributed by atoms with Gasteiger partial charge in [-0.2, -0.15) is 5.10 Å². The van der Waals surface area contributed by atoms with Crippen molar-refractivity contribution in [2.45, 2.75) is 53.1 Å². The number of hydrogen-bond donors (Lipinski definition) is 1. The lowest BCUT2D eigenvalue weighted by atomic mass is 10.1. The molecule has 1 aromatic carbocycles. The fraction of sp³-hybridized carbons (Fsp3) is 0.393. The number of carbonyl (C=O) groups is 1. The number of alkyl carbamates (subject to hydrolysis) is 1. The Morgan fingerprint density at radius 1 is 1.14 bits per heavy atom. The van der Waals surface area contributed by atoms with Gasteiger partial charge in [0.15, 0.2) is 0 Å². The van der Waals surface area contributed by atoms with Crippen LogP contribution in [0.5, 0.6) is 5.75 Å². The first-order valence-corrected chi connectivity index (χ1v) is 12.4. The van der Waals surface area contributed by atoms with Crippen LogP contribution in [0, 0.1) is 19.7 Å². The second-order valence-corrected chi connectivity index (χ2v) is 10.1. The van der Waals surface area contributed by atoms with Crippen molar-refractivity contribution in [1.29, 1.82) is 0 Å². The molecule has 8 nitrogen and oxygen atoms in total. The highest BCUT2D eigenvalue weighted by atomic mass is 19.1. The summed E-state index contributed by atoms with van der Waals surface area (Å²) in [6.45, 7) is 10.3. The molecule has 0 saturated heterocycles. The minimum absolute atomic E-state index is 0.356. The number of aryl methyl sites for hydroxylation is 2. The Bertz CT molecular complexity index is 1420. The molecule has 4 aromatic rings. The van der Waals surface area contributed by atoms with E-state index in [4.69, 9.17) is 9.47 Å². The van der Waals surface area contributed by atoms with Crippen LogP contribution in [0.15, 0.2) is 42.7 Å². The predicted molar refractivity (Wildman–Crippen MR) is 140 cm³/mol. The molecule has 0 unspecified atom stereocenters. The number of benzene rings is 1. The first-order valence-electron chi connectivity index (χ1n) is 12.4. The summed E-state index contributed by atoms with van der Waals surface area (Å²) in [6.07, 6.45) is 4.54. The lowest BCUT2D eigenvalue weighted by Gasteiger charge is -2.19. The third kappa shape index (κ3) is 6.28. The summed E-state index contributed by atoms with van der Waals surface area (Å²) in [5, 5.41) is 7.24. The number of halogens is 1. The second-order valence-electron chi connectivity index (χ2n) is 10.1. The van der Waals surface area contributed by atoms with Gasteiger partial charge in [0.1, 0.15) is 22.8 Å². The molecule has 4 rings (SSSR count). The summed E-state index contributed by atoms with van der Waals surface area (Å²) >= 11 is 0. The maximum Gasteiger partial charge on any atom is 0.407 e. The van der Waals surface area contributed by atoms with E-state index >= 15 is 0 Å². The van der Waals surface area contributed by atoms with E-state index in [0.717, 1.165) is 39.4 Å². The molecule has 0 bridgehead atoms. The van der Waals surface area contributed by atoms with E-state index in [1.165, 1.54) is 12.1 Å². The molecule has 0 atom stereocenters. The van der Waals surface area contributed by atoms with Crippen LogP contribution in [-0.4, -0.2) is 44.0 Å². The molecule has 3 heterocycles. The topological polar surface area (TPSA) is 82.7 Å². The van der Waals surface area contributed by atoms with Gasteiger partial charge < -0.3 is 19.2 Å². The van der Waals surface area contributed by atoms with E-state index in [1.807, 2.05) is 69.1 Å². The fourth-order valence-corrected chi connectivity index (χ4v) is 4.28. The number of nitrogens with zero attached hydrogens (tertiary/aromatic N) is 4. The van der Waals surface area contributed by atoms with Crippen LogP contribution >= 0.6 is 0 Å². The Hall–Kier alpha value is -3.88. The standard InChI is InChI=1S/C28H34FN5O3/c1-18-23(19(2)33(6)32-18)12-14-36-25-15-21(29)8-9-24(25)20-7-10-26-31-16-22(34(26)17-20)11-13-30-27(35)37-28(3,4)5/h7-10,15-17H,11-14H2,1-6H3,(H,30,35). The number of pyridine rings is 1. The zero-order valence-electron chi connectivity index (χ0n) is 22.3. The van der Waals surface area contributed by atoms with E-state index < -0.39 is 11.7 Å². The Morgan fingerprint density at radius 3 is 2.62 bits per heavy atom. The van der Waals surface area contributed by atoms with Crippen molar-refractivity contribution >= 4 is 11.7 Å². The normalized spacial score (nSPS) is 11.6. The van der Waals surface area contributed by atoms with Gasteiger partial charge >= 0.3 is 6.09 Å². The molecule has 1 amide bonds. The number of hydrogen-bond acceptors (Lipinski definition) is 5. The molecule has 0 saturated carbocycles. The molecule has 0 aliphatic heterocycles. The lowest BCUT2D eigenvalue weighted by Crippen LogP contribution is -2.33. The summed E-state index contributed by atoms with van der Waals surface area (Å²) < 4.78 is 29.4. The molecule has 0 fully saturated rings. The number of ether oxygens (including phenoxy) is 2. The summed E-state index contributed by atoms with van der Waals surface area (Å²) in [4.78, 5) is 16.4. The first-order chi connectivity index (χ1) is 17.5. The van der Waals surface area contributed by atoms with Crippen molar-refractivity contribution in [2.24, 2.45) is 7.05 Å². The van der Waals surface area contributed by atoms with Gasteiger partial charge in [0.05, 0.1) is 12.3 Å². The van der Waals surface area contributed by atoms with Crippen LogP contribution in [-0.2, 0) is 24.6 Å². The SMILES string of the molecule is Cc1nn(C)c(C)c1CCOc1cc(F)ccc1-c1ccc2ncc(CCNC(=O)OC(C)(C)C)n2c1. The molecule has 1 N–H and O–H groups in total. The molecule has 0 aliphatic carbocycles. The second kappa shape index (κ2) is 10.6. The van der Waals surface area contributed by atoms with Gasteiger partial charge in [-0.05, 0) is 64.4 Å². The Labute approximate surface area is 216 Å². The highest BCUT2D eigenvalue weighted by Crippen LogP contribution is 2.31. The first kappa shape index (κ1) is 26.2. The minimum atomic E-state index is -0.549. The monoisotopic (exact) mass is 507 g/mol. The van der Waals surface area contributed by atoms with Crippen molar-refractivity contribution in [3.05, 3.63) is 71.2 Å². The number of nitrogens with one attached hydrogen (secondary N) is 1. The van der Waals surface area contributed by atoms with Crippen molar-refractivity contribution in [1.82, 2.24) is 24.5 Å². The quantitative estimate of drug-likeness (QED) is 0.355. The van der Waals surface area contributed by atoms with E-state index in [1.54, 1.807) is 12.3 Å². The summed E-state index contributed by atoms with van der Waals surface area (Å²) in [5.41, 5.74) is 6.03. The highest BCUT2D eigenvalue weighted by molar-refractivity contribution is 5.71. The van der Waals surface area contributed by atoms with Crippen LogP contribution in [0.25, 0.3) is 16.8 Å². The number of aromatic nitrogens is 4. The number of rotatable bonds is 8. The predicted octanol–water partition coefficient (Wildman–Crippen LogP) is 5.18. The molecule has 3 aromatic heterocycles. The maximum atomic E-state index is 14.2. The highest BCUT2D eigenvalue weighted by Gasteiger charge is 2.16. The number of fused-ring (bicyclic) bond motifs is 1. The van der Waals surface area contributed by atoms with Gasteiger partial charge in [0, 0.05) is 67.4 Å². The zero-order chi connectivity index (χ0) is 26.7. The number of amides is 1. The average molecular weight is 508 g/mol. The van der Waals surface area contributed by atoms with E-state index in [0.29, 0.717) is 31.7 Å². The molecule has 37 heavy (non-hydrogen) atoms. The molecule has 0 spiro atoms. The smallest absolute Gasteiger partial charge is 0.407 e. The molecule has 196 valence electrons. The van der Waals surface area contributed by atoms with Gasteiger partial charge in [-0.3, -0.25) is 4.68 Å². The minimum Gasteiger partial charge on any atom is -0.492 e. The molecular weight excluding hydrogens is 473 g/mol. The Morgan fingerprint density at radius 2 is 1.92 bits per heavy atom. The van der Waals surface area contributed by atoms with Gasteiger partial charge in [-0.1, -0.05) is 0 Å². The lowest BCUT2D eigenvalue weighted by molar-refractivity contribution is 0.0528. The number of carbonyl (C=O) groups excluding carboxylic acids is 1. The van der Waals surface area contributed by atoms with Crippen LogP contribution in [0.3, 0.4) is 0 Å². The van der Waals surface area contributed by atoms with Crippen LogP contribution in [0.2, 0.25) is 0 Å². The van der Waals surface area contributed by atoms with Crippen LogP contribution in [0.1, 0.15) is 43.4 Å². The summed E-state index contributed by atoms with van der Waals surface area (Å²) in [7, 11) is 1.92. The molecule has 0 aliphatic rings. The van der Waals surface area contributed by atoms with Gasteiger partial charge in [-0.15, -0.1) is 0 Å². The van der Waals surface area contributed by atoms with Crippen molar-refractivity contribution in [3.63, 3.8) is 0 Å². The van der Waals surface area contributed by atoms with Gasteiger partial charge in [-0.25, -0.2) is 14.2 Å². The largest absolute Gasteiger partial charge is 0.492 e. The summed E-state index contributed by atoms with van der Waals surface area (Å²) in [5.74, 6) is 0.122. The van der Waals surface area contributed by atoms with Gasteiger partial charge in [0.25, 0.3) is 0 Å². The average Bonchev–Trinajstić information content (AvgIpc) is 3.32. The van der Waals surface area contributed by atoms with Crippen molar-refractivity contribution < 1.29 is 18.7 Å². The maximum absolute atomic E-state index is 14.2. The zero-order valence-corrected chi connectivity index (χ0v) is 22.3. The number of imidazole rings is 1. The van der Waals surface area contributed by atoms with E-state index in [2.05, 4.69) is 15.4 Å². The molecule has 9 heteroatoms. The van der Waals surface area contributed by atoms with Gasteiger partial charge in [0.2, 0.25) is 0 Å². The van der Waals surface area contributed by atoms with Crippen LogP contribution in [0.4, 0.5) is 9.18 Å². The van der Waals surface area contributed by atoms with Crippen molar-refractivity contribution in [3.8, 4) is 16.9 Å². The third-order valence-electron chi connectivity index (χ3n) is 6.15. The van der Waals surface area contributed by atoms with Crippen LogP contribution < -0.4 is 10.1 Å². The Balaban J connectivity index is 1.50. The molecule has 0 radical (unpaired) electrons. The summed E-state index contributed by atoms with van der Waals surface area (Å²) in [6, 6.07) is 8.44. The van der Waals surface area contributed by atoms with E-state index in [9.17, 15) is 9.18 Å². The fourth-order valence-electron chi connectivity index (χ4n) is 4.28. The molecular formula is C28H34FN5O3. The third-order valence-corrected chi connectivity index (χ3v) is 6.15. The van der Waals surface area contributed by atoms with Crippen molar-refractivity contribution in [2.75, 3.05) is 13.2 Å².